The summed E-state index contributed by atoms with van der Waals surface area (Å²) >= 11 is 0. The second-order valence-electron chi connectivity index (χ2n) is 5.46. The highest BCUT2D eigenvalue weighted by molar-refractivity contribution is 5.83. The van der Waals surface area contributed by atoms with Gasteiger partial charge in [-0.25, -0.2) is 0 Å². The molecule has 1 aliphatic carbocycles. The lowest BCUT2D eigenvalue weighted by Crippen LogP contribution is -2.36. The zero-order valence-electron chi connectivity index (χ0n) is 10.9. The lowest BCUT2D eigenvalue weighted by molar-refractivity contribution is -0.130. The van der Waals surface area contributed by atoms with Gasteiger partial charge in [0.05, 0.1) is 25.4 Å². The van der Waals surface area contributed by atoms with Crippen LogP contribution >= 0.6 is 0 Å². The van der Waals surface area contributed by atoms with Crippen molar-refractivity contribution in [1.82, 2.24) is 10.2 Å². The average molecular weight is 240 g/mol. The van der Waals surface area contributed by atoms with Gasteiger partial charge in [0.1, 0.15) is 0 Å². The van der Waals surface area contributed by atoms with E-state index in [2.05, 4.69) is 19.2 Å². The summed E-state index contributed by atoms with van der Waals surface area (Å²) < 4.78 is 5.79. The summed E-state index contributed by atoms with van der Waals surface area (Å²) in [6.45, 7) is 6.24. The molecule has 2 rings (SSSR count). The fraction of sp³-hybridized carbons (Fsp3) is 0.923. The fourth-order valence-corrected chi connectivity index (χ4v) is 2.67. The standard InChI is InChI=1S/C13H24N2O2/c1-10(2)12-13(16)15(9-14-12)7-8-17-11-5-3-4-6-11/h10-12,14H,3-9H2,1-2H3. The molecule has 2 aliphatic rings. The molecule has 17 heavy (non-hydrogen) atoms. The smallest absolute Gasteiger partial charge is 0.241 e. The van der Waals surface area contributed by atoms with Crippen LogP contribution in [0.25, 0.3) is 0 Å². The van der Waals surface area contributed by atoms with Gasteiger partial charge in [-0.05, 0) is 18.8 Å². The monoisotopic (exact) mass is 240 g/mol. The number of rotatable bonds is 5. The lowest BCUT2D eigenvalue weighted by atomic mass is 10.1. The molecular formula is C13H24N2O2. The second-order valence-corrected chi connectivity index (χ2v) is 5.46. The maximum atomic E-state index is 12.0. The molecule has 1 aliphatic heterocycles. The number of amides is 1. The van der Waals surface area contributed by atoms with E-state index in [1.807, 2.05) is 4.90 Å². The van der Waals surface area contributed by atoms with E-state index in [0.29, 0.717) is 25.3 Å². The van der Waals surface area contributed by atoms with Crippen molar-refractivity contribution < 1.29 is 9.53 Å². The van der Waals surface area contributed by atoms with Crippen molar-refractivity contribution in [2.45, 2.75) is 51.7 Å². The first-order chi connectivity index (χ1) is 8.18. The minimum absolute atomic E-state index is 0.00137. The van der Waals surface area contributed by atoms with Crippen LogP contribution in [-0.2, 0) is 9.53 Å². The molecule has 0 aromatic carbocycles. The van der Waals surface area contributed by atoms with Crippen molar-refractivity contribution in [2.24, 2.45) is 5.92 Å². The summed E-state index contributed by atoms with van der Waals surface area (Å²) in [6.07, 6.45) is 5.43. The van der Waals surface area contributed by atoms with Crippen molar-refractivity contribution in [1.29, 1.82) is 0 Å². The zero-order chi connectivity index (χ0) is 12.3. The van der Waals surface area contributed by atoms with Gasteiger partial charge in [-0.2, -0.15) is 0 Å². The van der Waals surface area contributed by atoms with Crippen LogP contribution < -0.4 is 5.32 Å². The molecular weight excluding hydrogens is 216 g/mol. The van der Waals surface area contributed by atoms with Gasteiger partial charge in [0.2, 0.25) is 5.91 Å². The van der Waals surface area contributed by atoms with Gasteiger partial charge in [-0.3, -0.25) is 10.1 Å². The molecule has 0 aromatic heterocycles. The predicted molar refractivity (Wildman–Crippen MR) is 66.5 cm³/mol. The van der Waals surface area contributed by atoms with Crippen molar-refractivity contribution in [3.63, 3.8) is 0 Å². The maximum absolute atomic E-state index is 12.0. The first-order valence-electron chi connectivity index (χ1n) is 6.82. The van der Waals surface area contributed by atoms with E-state index in [1.54, 1.807) is 0 Å². The Morgan fingerprint density at radius 1 is 1.41 bits per heavy atom. The SMILES string of the molecule is CC(C)C1NCN(CCOC2CCCC2)C1=O. The Hall–Kier alpha value is -0.610. The molecule has 1 saturated heterocycles. The van der Waals surface area contributed by atoms with E-state index in [-0.39, 0.29) is 11.9 Å². The van der Waals surface area contributed by atoms with E-state index in [9.17, 15) is 4.79 Å². The van der Waals surface area contributed by atoms with Crippen molar-refractivity contribution in [3.05, 3.63) is 0 Å². The van der Waals surface area contributed by atoms with Crippen LogP contribution in [0.5, 0.6) is 0 Å². The van der Waals surface area contributed by atoms with Gasteiger partial charge in [-0.1, -0.05) is 26.7 Å². The molecule has 0 bridgehead atoms. The van der Waals surface area contributed by atoms with E-state index in [0.717, 1.165) is 6.54 Å². The third-order valence-electron chi connectivity index (χ3n) is 3.76. The van der Waals surface area contributed by atoms with Crippen LogP contribution in [0, 0.1) is 5.92 Å². The summed E-state index contributed by atoms with van der Waals surface area (Å²) in [4.78, 5) is 13.9. The van der Waals surface area contributed by atoms with E-state index < -0.39 is 0 Å². The summed E-state index contributed by atoms with van der Waals surface area (Å²) in [5.74, 6) is 0.596. The second kappa shape index (κ2) is 5.83. The Morgan fingerprint density at radius 2 is 2.12 bits per heavy atom. The number of nitrogens with zero attached hydrogens (tertiary/aromatic N) is 1. The molecule has 0 aromatic rings. The number of carbonyl (C=O) groups is 1. The first kappa shape index (κ1) is 12.8. The van der Waals surface area contributed by atoms with E-state index in [4.69, 9.17) is 4.74 Å². The molecule has 1 unspecified atom stereocenters. The highest BCUT2D eigenvalue weighted by atomic mass is 16.5. The van der Waals surface area contributed by atoms with Crippen LogP contribution in [0.4, 0.5) is 0 Å². The number of nitrogens with one attached hydrogen (secondary N) is 1. The van der Waals surface area contributed by atoms with Crippen molar-refractivity contribution in [3.8, 4) is 0 Å². The normalized spacial score (nSPS) is 26.4. The van der Waals surface area contributed by atoms with Crippen molar-refractivity contribution >= 4 is 5.91 Å². The Kier molecular flexibility index (Phi) is 4.40. The lowest BCUT2D eigenvalue weighted by Gasteiger charge is -2.18. The third-order valence-corrected chi connectivity index (χ3v) is 3.76. The molecule has 4 heteroatoms. The Morgan fingerprint density at radius 3 is 2.71 bits per heavy atom. The minimum Gasteiger partial charge on any atom is -0.376 e. The maximum Gasteiger partial charge on any atom is 0.241 e. The number of carbonyl (C=O) groups excluding carboxylic acids is 1. The molecule has 0 spiro atoms. The van der Waals surface area contributed by atoms with Crippen LogP contribution in [0.2, 0.25) is 0 Å². The molecule has 4 nitrogen and oxygen atoms in total. The van der Waals surface area contributed by atoms with Gasteiger partial charge in [-0.15, -0.1) is 0 Å². The van der Waals surface area contributed by atoms with Crippen LogP contribution in [0.15, 0.2) is 0 Å². The first-order valence-corrected chi connectivity index (χ1v) is 6.82. The summed E-state index contributed by atoms with van der Waals surface area (Å²) in [6, 6.07) is 0.00137. The quantitative estimate of drug-likeness (QED) is 0.789. The molecule has 1 saturated carbocycles. The average Bonchev–Trinajstić information content (AvgIpc) is 2.89. The topological polar surface area (TPSA) is 41.6 Å². The Balaban J connectivity index is 1.67. The Bertz CT molecular complexity index is 262. The molecule has 2 fully saturated rings. The highest BCUT2D eigenvalue weighted by Crippen LogP contribution is 2.20. The summed E-state index contributed by atoms with van der Waals surface area (Å²) in [5.41, 5.74) is 0. The van der Waals surface area contributed by atoms with Crippen molar-refractivity contribution in [2.75, 3.05) is 19.8 Å². The van der Waals surface area contributed by atoms with Crippen LogP contribution in [0.3, 0.4) is 0 Å². The number of hydrogen-bond acceptors (Lipinski definition) is 3. The summed E-state index contributed by atoms with van der Waals surface area (Å²) in [5, 5.41) is 3.26. The molecule has 1 heterocycles. The van der Waals surface area contributed by atoms with Crippen LogP contribution in [-0.4, -0.2) is 42.8 Å². The van der Waals surface area contributed by atoms with Gasteiger partial charge in [0, 0.05) is 6.54 Å². The highest BCUT2D eigenvalue weighted by Gasteiger charge is 2.32. The van der Waals surface area contributed by atoms with E-state index in [1.165, 1.54) is 25.7 Å². The predicted octanol–water partition coefficient (Wildman–Crippen LogP) is 1.36. The molecule has 0 radical (unpaired) electrons. The molecule has 1 amide bonds. The van der Waals surface area contributed by atoms with Gasteiger partial charge in [0.15, 0.2) is 0 Å². The minimum atomic E-state index is 0.00137. The van der Waals surface area contributed by atoms with Crippen LogP contribution in [0.1, 0.15) is 39.5 Å². The van der Waals surface area contributed by atoms with Gasteiger partial charge >= 0.3 is 0 Å². The zero-order valence-corrected chi connectivity index (χ0v) is 10.9. The molecule has 98 valence electrons. The summed E-state index contributed by atoms with van der Waals surface area (Å²) in [7, 11) is 0. The Labute approximate surface area is 104 Å². The number of ether oxygens (including phenoxy) is 1. The number of hydrogen-bond donors (Lipinski definition) is 1. The third kappa shape index (κ3) is 3.19. The largest absolute Gasteiger partial charge is 0.376 e. The molecule has 1 atom stereocenters. The van der Waals surface area contributed by atoms with Gasteiger partial charge in [0.25, 0.3) is 0 Å². The fourth-order valence-electron chi connectivity index (χ4n) is 2.67. The van der Waals surface area contributed by atoms with E-state index >= 15 is 0 Å². The molecule has 1 N–H and O–H groups in total. The van der Waals surface area contributed by atoms with Gasteiger partial charge < -0.3 is 9.64 Å².